The van der Waals surface area contributed by atoms with Crippen LogP contribution in [0, 0.1) is 12.7 Å². The molecule has 3 rings (SSSR count). The van der Waals surface area contributed by atoms with Crippen LogP contribution >= 0.6 is 23.4 Å². The van der Waals surface area contributed by atoms with E-state index in [2.05, 4.69) is 10.2 Å². The quantitative estimate of drug-likeness (QED) is 0.578. The average molecular weight is 409 g/mol. The number of amides is 1. The number of rotatable bonds is 6. The zero-order chi connectivity index (χ0) is 19.6. The molecule has 0 unspecified atom stereocenters. The van der Waals surface area contributed by atoms with Crippen LogP contribution in [0.15, 0.2) is 40.1 Å². The molecule has 0 spiro atoms. The lowest BCUT2D eigenvalue weighted by Gasteiger charge is -2.18. The van der Waals surface area contributed by atoms with Crippen molar-refractivity contribution in [1.82, 2.24) is 19.7 Å². The van der Waals surface area contributed by atoms with Gasteiger partial charge in [-0.15, -0.1) is 10.2 Å². The third kappa shape index (κ3) is 4.17. The van der Waals surface area contributed by atoms with Gasteiger partial charge in [0.1, 0.15) is 11.6 Å². The number of aryl methyl sites for hydroxylation is 1. The van der Waals surface area contributed by atoms with E-state index in [-0.39, 0.29) is 18.2 Å². The zero-order valence-electron chi connectivity index (χ0n) is 15.1. The van der Waals surface area contributed by atoms with Crippen LogP contribution in [0.2, 0.25) is 5.02 Å². The first kappa shape index (κ1) is 19.4. The Morgan fingerprint density at radius 3 is 2.81 bits per heavy atom. The van der Waals surface area contributed by atoms with E-state index in [1.54, 1.807) is 19.4 Å². The molecule has 1 amide bonds. The lowest BCUT2D eigenvalue weighted by Crippen LogP contribution is -2.28. The van der Waals surface area contributed by atoms with E-state index in [1.165, 1.54) is 28.8 Å². The van der Waals surface area contributed by atoms with Gasteiger partial charge in [0.25, 0.3) is 0 Å². The van der Waals surface area contributed by atoms with Crippen molar-refractivity contribution in [2.24, 2.45) is 7.05 Å². The molecule has 0 bridgehead atoms. The maximum atomic E-state index is 13.9. The van der Waals surface area contributed by atoms with Gasteiger partial charge in [0, 0.05) is 31.2 Å². The fourth-order valence-corrected chi connectivity index (χ4v) is 3.61. The molecule has 9 heteroatoms. The van der Waals surface area contributed by atoms with Gasteiger partial charge >= 0.3 is 0 Å². The summed E-state index contributed by atoms with van der Waals surface area (Å²) in [4.78, 5) is 13.9. The second-order valence-corrected chi connectivity index (χ2v) is 7.34. The van der Waals surface area contributed by atoms with Crippen molar-refractivity contribution in [2.45, 2.75) is 18.6 Å². The van der Waals surface area contributed by atoms with Gasteiger partial charge in [0.2, 0.25) is 5.91 Å². The number of carbonyl (C=O) groups is 1. The number of furan rings is 1. The van der Waals surface area contributed by atoms with Crippen LogP contribution in [0.4, 0.5) is 4.39 Å². The summed E-state index contributed by atoms with van der Waals surface area (Å²) in [7, 11) is 3.44. The Hall–Kier alpha value is -2.32. The molecule has 3 aromatic rings. The van der Waals surface area contributed by atoms with Gasteiger partial charge in [-0.25, -0.2) is 4.39 Å². The Balaban J connectivity index is 1.64. The number of aromatic nitrogens is 3. The Morgan fingerprint density at radius 2 is 2.15 bits per heavy atom. The SMILES string of the molecule is Cc1occc1-c1nnc(SCC(=O)N(C)Cc2c(F)cccc2Cl)n1C. The summed E-state index contributed by atoms with van der Waals surface area (Å²) in [5, 5.41) is 9.22. The van der Waals surface area contributed by atoms with Crippen LogP contribution in [0.25, 0.3) is 11.4 Å². The molecular weight excluding hydrogens is 391 g/mol. The lowest BCUT2D eigenvalue weighted by atomic mass is 10.2. The summed E-state index contributed by atoms with van der Waals surface area (Å²) in [6, 6.07) is 6.29. The minimum atomic E-state index is -0.428. The molecular formula is C18H18ClFN4O2S. The molecule has 2 aromatic heterocycles. The van der Waals surface area contributed by atoms with E-state index in [1.807, 2.05) is 24.6 Å². The third-order valence-corrected chi connectivity index (χ3v) is 5.50. The number of hydrogen-bond acceptors (Lipinski definition) is 5. The molecule has 0 aliphatic rings. The normalized spacial score (nSPS) is 11.0. The van der Waals surface area contributed by atoms with Crippen LogP contribution in [0.5, 0.6) is 0 Å². The number of hydrogen-bond donors (Lipinski definition) is 0. The predicted octanol–water partition coefficient (Wildman–Crippen LogP) is 3.93. The molecule has 1 aromatic carbocycles. The Morgan fingerprint density at radius 1 is 1.37 bits per heavy atom. The second-order valence-electron chi connectivity index (χ2n) is 5.99. The molecule has 0 atom stereocenters. The molecule has 0 aliphatic heterocycles. The number of benzene rings is 1. The largest absolute Gasteiger partial charge is 0.469 e. The van der Waals surface area contributed by atoms with Gasteiger partial charge in [-0.2, -0.15) is 0 Å². The van der Waals surface area contributed by atoms with Crippen LogP contribution in [-0.2, 0) is 18.4 Å². The van der Waals surface area contributed by atoms with Crippen molar-refractivity contribution in [2.75, 3.05) is 12.8 Å². The lowest BCUT2D eigenvalue weighted by molar-refractivity contribution is -0.127. The van der Waals surface area contributed by atoms with E-state index in [0.29, 0.717) is 21.6 Å². The molecule has 0 N–H and O–H groups in total. The Labute approximate surface area is 165 Å². The first-order chi connectivity index (χ1) is 12.9. The smallest absolute Gasteiger partial charge is 0.233 e. The first-order valence-corrected chi connectivity index (χ1v) is 9.48. The van der Waals surface area contributed by atoms with E-state index in [9.17, 15) is 9.18 Å². The fraction of sp³-hybridized carbons (Fsp3) is 0.278. The standard InChI is InChI=1S/C18H18ClFN4O2S/c1-11-12(7-8-26-11)17-21-22-18(24(17)3)27-10-16(25)23(2)9-13-14(19)5-4-6-15(13)20/h4-8H,9-10H2,1-3H3. The molecule has 0 saturated carbocycles. The fourth-order valence-electron chi connectivity index (χ4n) is 2.54. The topological polar surface area (TPSA) is 64.2 Å². The highest BCUT2D eigenvalue weighted by Gasteiger charge is 2.18. The summed E-state index contributed by atoms with van der Waals surface area (Å²) in [6.45, 7) is 1.95. The zero-order valence-corrected chi connectivity index (χ0v) is 16.6. The van der Waals surface area contributed by atoms with E-state index < -0.39 is 5.82 Å². The highest BCUT2D eigenvalue weighted by atomic mass is 35.5. The molecule has 0 fully saturated rings. The van der Waals surface area contributed by atoms with Gasteiger partial charge in [-0.3, -0.25) is 4.79 Å². The molecule has 0 aliphatic carbocycles. The summed E-state index contributed by atoms with van der Waals surface area (Å²) in [6.07, 6.45) is 1.60. The van der Waals surface area contributed by atoms with Crippen molar-refractivity contribution >= 4 is 29.3 Å². The van der Waals surface area contributed by atoms with Crippen LogP contribution in [0.3, 0.4) is 0 Å². The maximum absolute atomic E-state index is 13.9. The minimum Gasteiger partial charge on any atom is -0.469 e. The summed E-state index contributed by atoms with van der Waals surface area (Å²) >= 11 is 7.29. The number of carbonyl (C=O) groups excluding carboxylic acids is 1. The van der Waals surface area contributed by atoms with Crippen molar-refractivity contribution in [1.29, 1.82) is 0 Å². The highest BCUT2D eigenvalue weighted by Crippen LogP contribution is 2.26. The van der Waals surface area contributed by atoms with Crippen LogP contribution < -0.4 is 0 Å². The van der Waals surface area contributed by atoms with Gasteiger partial charge < -0.3 is 13.9 Å². The predicted molar refractivity (Wildman–Crippen MR) is 102 cm³/mol. The number of thioether (sulfide) groups is 1. The van der Waals surface area contributed by atoms with E-state index in [4.69, 9.17) is 16.0 Å². The van der Waals surface area contributed by atoms with E-state index in [0.717, 1.165) is 11.3 Å². The monoisotopic (exact) mass is 408 g/mol. The average Bonchev–Trinajstić information content (AvgIpc) is 3.21. The van der Waals surface area contributed by atoms with Crippen LogP contribution in [0.1, 0.15) is 11.3 Å². The number of nitrogens with zero attached hydrogens (tertiary/aromatic N) is 4. The summed E-state index contributed by atoms with van der Waals surface area (Å²) in [5.74, 6) is 0.979. The van der Waals surface area contributed by atoms with Crippen molar-refractivity contribution in [3.05, 3.63) is 52.7 Å². The Bertz CT molecular complexity index is 952. The summed E-state index contributed by atoms with van der Waals surface area (Å²) < 4.78 is 21.0. The maximum Gasteiger partial charge on any atom is 0.233 e. The van der Waals surface area contributed by atoms with Gasteiger partial charge in [0.05, 0.1) is 17.6 Å². The molecule has 2 heterocycles. The second kappa shape index (κ2) is 8.14. The van der Waals surface area contributed by atoms with Gasteiger partial charge in [-0.05, 0) is 25.1 Å². The van der Waals surface area contributed by atoms with Gasteiger partial charge in [-0.1, -0.05) is 29.4 Å². The molecule has 142 valence electrons. The molecule has 0 radical (unpaired) electrons. The third-order valence-electron chi connectivity index (χ3n) is 4.14. The van der Waals surface area contributed by atoms with Crippen molar-refractivity contribution < 1.29 is 13.6 Å². The molecule has 27 heavy (non-hydrogen) atoms. The Kier molecular flexibility index (Phi) is 5.86. The summed E-state index contributed by atoms with van der Waals surface area (Å²) in [5.41, 5.74) is 1.16. The van der Waals surface area contributed by atoms with Gasteiger partial charge in [0.15, 0.2) is 11.0 Å². The van der Waals surface area contributed by atoms with E-state index >= 15 is 0 Å². The molecule has 6 nitrogen and oxygen atoms in total. The first-order valence-electron chi connectivity index (χ1n) is 8.12. The number of halogens is 2. The van der Waals surface area contributed by atoms with Crippen LogP contribution in [-0.4, -0.2) is 38.4 Å². The molecule has 0 saturated heterocycles. The highest BCUT2D eigenvalue weighted by molar-refractivity contribution is 7.99. The minimum absolute atomic E-state index is 0.100. The van der Waals surface area contributed by atoms with Crippen molar-refractivity contribution in [3.8, 4) is 11.4 Å². The van der Waals surface area contributed by atoms with Crippen molar-refractivity contribution in [3.63, 3.8) is 0 Å².